The molecule has 1 atom stereocenters. The fourth-order valence-electron chi connectivity index (χ4n) is 3.08. The number of carbonyl (C=O) groups excluding carboxylic acids is 1. The van der Waals surface area contributed by atoms with Gasteiger partial charge in [0.25, 0.3) is 0 Å². The van der Waals surface area contributed by atoms with Gasteiger partial charge in [-0.2, -0.15) is 11.3 Å². The van der Waals surface area contributed by atoms with Gasteiger partial charge in [0.05, 0.1) is 6.04 Å². The lowest BCUT2D eigenvalue weighted by atomic mass is 10.1. The molecule has 4 rings (SSSR count). The van der Waals surface area contributed by atoms with Crippen molar-refractivity contribution in [1.82, 2.24) is 9.88 Å². The highest BCUT2D eigenvalue weighted by molar-refractivity contribution is 7.13. The van der Waals surface area contributed by atoms with Crippen LogP contribution >= 0.6 is 22.7 Å². The first-order valence-corrected chi connectivity index (χ1v) is 9.73. The van der Waals surface area contributed by atoms with Gasteiger partial charge < -0.3 is 10.2 Å². The number of hydrogen-bond acceptors (Lipinski definition) is 4. The van der Waals surface area contributed by atoms with Gasteiger partial charge in [-0.1, -0.05) is 0 Å². The quantitative estimate of drug-likeness (QED) is 0.698. The van der Waals surface area contributed by atoms with E-state index in [0.717, 1.165) is 35.6 Å². The molecule has 1 saturated heterocycles. The second kappa shape index (κ2) is 6.75. The van der Waals surface area contributed by atoms with Crippen LogP contribution in [-0.4, -0.2) is 22.5 Å². The van der Waals surface area contributed by atoms with E-state index in [0.29, 0.717) is 0 Å². The monoisotopic (exact) mass is 355 g/mol. The van der Waals surface area contributed by atoms with Crippen molar-refractivity contribution in [1.29, 1.82) is 0 Å². The summed E-state index contributed by atoms with van der Waals surface area (Å²) >= 11 is 3.29. The lowest BCUT2D eigenvalue weighted by molar-refractivity contribution is 0.207. The van der Waals surface area contributed by atoms with Crippen LogP contribution in [0.1, 0.15) is 24.4 Å². The van der Waals surface area contributed by atoms with Crippen molar-refractivity contribution in [2.75, 3.05) is 11.9 Å². The zero-order chi connectivity index (χ0) is 16.4. The van der Waals surface area contributed by atoms with E-state index in [9.17, 15) is 4.79 Å². The standard InChI is InChI=1S/C18H17N3OS2/c22-18(21-9-1-2-16(21)14-7-10-23-12-14)20-15-5-3-13(4-6-15)17-19-8-11-24-17/h3-8,10-12,16H,1-2,9H2,(H,20,22). The van der Waals surface area contributed by atoms with Crippen LogP contribution in [0.4, 0.5) is 10.5 Å². The highest BCUT2D eigenvalue weighted by Crippen LogP contribution is 2.33. The number of benzene rings is 1. The predicted molar refractivity (Wildman–Crippen MR) is 99.6 cm³/mol. The number of hydrogen-bond donors (Lipinski definition) is 1. The molecule has 2 amide bonds. The van der Waals surface area contributed by atoms with E-state index in [1.165, 1.54) is 5.56 Å². The van der Waals surface area contributed by atoms with Gasteiger partial charge in [0, 0.05) is 29.4 Å². The van der Waals surface area contributed by atoms with Crippen molar-refractivity contribution in [3.8, 4) is 10.6 Å². The van der Waals surface area contributed by atoms with Crippen LogP contribution < -0.4 is 5.32 Å². The Balaban J connectivity index is 1.46. The number of rotatable bonds is 3. The van der Waals surface area contributed by atoms with Crippen molar-refractivity contribution in [3.05, 3.63) is 58.2 Å². The van der Waals surface area contributed by atoms with Gasteiger partial charge in [-0.15, -0.1) is 11.3 Å². The van der Waals surface area contributed by atoms with Crippen LogP contribution in [0.25, 0.3) is 10.6 Å². The number of thiophene rings is 1. The maximum Gasteiger partial charge on any atom is 0.322 e. The number of aromatic nitrogens is 1. The second-order valence-electron chi connectivity index (χ2n) is 5.75. The van der Waals surface area contributed by atoms with Crippen molar-refractivity contribution in [2.24, 2.45) is 0 Å². The number of amides is 2. The summed E-state index contributed by atoms with van der Waals surface area (Å²) in [5.41, 5.74) is 3.13. The Labute approximate surface area is 148 Å². The van der Waals surface area contributed by atoms with E-state index in [-0.39, 0.29) is 12.1 Å². The second-order valence-corrected chi connectivity index (χ2v) is 7.43. The molecule has 6 heteroatoms. The van der Waals surface area contributed by atoms with Crippen LogP contribution in [0.2, 0.25) is 0 Å². The van der Waals surface area contributed by atoms with Crippen molar-refractivity contribution < 1.29 is 4.79 Å². The van der Waals surface area contributed by atoms with E-state index in [2.05, 4.69) is 27.1 Å². The first-order valence-electron chi connectivity index (χ1n) is 7.91. The topological polar surface area (TPSA) is 45.2 Å². The van der Waals surface area contributed by atoms with Crippen molar-refractivity contribution in [2.45, 2.75) is 18.9 Å². The molecule has 0 aliphatic carbocycles. The van der Waals surface area contributed by atoms with Crippen LogP contribution in [-0.2, 0) is 0 Å². The molecule has 24 heavy (non-hydrogen) atoms. The van der Waals surface area contributed by atoms with E-state index in [1.807, 2.05) is 34.5 Å². The summed E-state index contributed by atoms with van der Waals surface area (Å²) in [6.45, 7) is 0.809. The summed E-state index contributed by atoms with van der Waals surface area (Å²) in [7, 11) is 0. The number of nitrogens with zero attached hydrogens (tertiary/aromatic N) is 2. The zero-order valence-corrected chi connectivity index (χ0v) is 14.6. The highest BCUT2D eigenvalue weighted by Gasteiger charge is 2.30. The first kappa shape index (κ1) is 15.4. The minimum absolute atomic E-state index is 0.0225. The Kier molecular flexibility index (Phi) is 4.32. The molecule has 122 valence electrons. The maximum absolute atomic E-state index is 12.6. The fraction of sp³-hybridized carbons (Fsp3) is 0.222. The molecule has 0 bridgehead atoms. The fourth-order valence-corrected chi connectivity index (χ4v) is 4.43. The predicted octanol–water partition coefficient (Wildman–Crippen LogP) is 5.24. The average molecular weight is 355 g/mol. The van der Waals surface area contributed by atoms with Gasteiger partial charge in [0.1, 0.15) is 5.01 Å². The zero-order valence-electron chi connectivity index (χ0n) is 13.0. The van der Waals surface area contributed by atoms with Gasteiger partial charge in [-0.05, 0) is 59.5 Å². The van der Waals surface area contributed by atoms with Crippen LogP contribution in [0, 0.1) is 0 Å². The van der Waals surface area contributed by atoms with Gasteiger partial charge in [-0.25, -0.2) is 9.78 Å². The molecule has 1 aliphatic heterocycles. The van der Waals surface area contributed by atoms with Crippen LogP contribution in [0.5, 0.6) is 0 Å². The van der Waals surface area contributed by atoms with E-state index in [4.69, 9.17) is 0 Å². The van der Waals surface area contributed by atoms with Gasteiger partial charge in [0.15, 0.2) is 0 Å². The molecule has 0 spiro atoms. The molecule has 1 unspecified atom stereocenters. The molecule has 0 saturated carbocycles. The first-order chi connectivity index (χ1) is 11.8. The van der Waals surface area contributed by atoms with E-state index in [1.54, 1.807) is 28.9 Å². The summed E-state index contributed by atoms with van der Waals surface area (Å²) in [5.74, 6) is 0. The lowest BCUT2D eigenvalue weighted by Crippen LogP contribution is -2.34. The Morgan fingerprint density at radius 2 is 2.08 bits per heavy atom. The molecular formula is C18H17N3OS2. The molecule has 2 aromatic heterocycles. The summed E-state index contributed by atoms with van der Waals surface area (Å²) in [6.07, 6.45) is 3.89. The molecule has 1 N–H and O–H groups in total. The highest BCUT2D eigenvalue weighted by atomic mass is 32.1. The minimum atomic E-state index is -0.0225. The minimum Gasteiger partial charge on any atom is -0.317 e. The summed E-state index contributed by atoms with van der Waals surface area (Å²) < 4.78 is 0. The molecule has 1 aliphatic rings. The van der Waals surface area contributed by atoms with E-state index < -0.39 is 0 Å². The SMILES string of the molecule is O=C(Nc1ccc(-c2nccs2)cc1)N1CCCC1c1ccsc1. The number of likely N-dealkylation sites (tertiary alicyclic amines) is 1. The molecule has 4 nitrogen and oxygen atoms in total. The van der Waals surface area contributed by atoms with Crippen LogP contribution in [0.15, 0.2) is 52.7 Å². The largest absolute Gasteiger partial charge is 0.322 e. The Morgan fingerprint density at radius 3 is 2.79 bits per heavy atom. The third kappa shape index (κ3) is 3.07. The third-order valence-electron chi connectivity index (χ3n) is 4.26. The Morgan fingerprint density at radius 1 is 1.21 bits per heavy atom. The molecular weight excluding hydrogens is 338 g/mol. The van der Waals surface area contributed by atoms with Crippen LogP contribution in [0.3, 0.4) is 0 Å². The van der Waals surface area contributed by atoms with Crippen molar-refractivity contribution >= 4 is 34.4 Å². The smallest absolute Gasteiger partial charge is 0.317 e. The van der Waals surface area contributed by atoms with E-state index >= 15 is 0 Å². The van der Waals surface area contributed by atoms with Gasteiger partial charge >= 0.3 is 6.03 Å². The third-order valence-corrected chi connectivity index (χ3v) is 5.78. The number of urea groups is 1. The lowest BCUT2D eigenvalue weighted by Gasteiger charge is -2.24. The molecule has 3 heterocycles. The number of nitrogens with one attached hydrogen (secondary N) is 1. The molecule has 1 aromatic carbocycles. The van der Waals surface area contributed by atoms with Gasteiger partial charge in [0.2, 0.25) is 0 Å². The Bertz CT molecular complexity index is 797. The van der Waals surface area contributed by atoms with Gasteiger partial charge in [-0.3, -0.25) is 0 Å². The summed E-state index contributed by atoms with van der Waals surface area (Å²) in [5, 5.41) is 10.2. The molecule has 0 radical (unpaired) electrons. The Hall–Kier alpha value is -2.18. The molecule has 3 aromatic rings. The number of carbonyl (C=O) groups is 1. The molecule has 1 fully saturated rings. The number of thiazole rings is 1. The normalized spacial score (nSPS) is 17.2. The van der Waals surface area contributed by atoms with Crippen molar-refractivity contribution in [3.63, 3.8) is 0 Å². The summed E-state index contributed by atoms with van der Waals surface area (Å²) in [4.78, 5) is 18.9. The number of anilines is 1. The average Bonchev–Trinajstić information content (AvgIpc) is 3.35. The summed E-state index contributed by atoms with van der Waals surface area (Å²) in [6, 6.07) is 10.2. The maximum atomic E-state index is 12.6.